The fraction of sp³-hybridized carbons (Fsp3) is 0.667. The van der Waals surface area contributed by atoms with Gasteiger partial charge in [0.25, 0.3) is 0 Å². The molecule has 1 aliphatic rings. The van der Waals surface area contributed by atoms with Crippen molar-refractivity contribution in [2.24, 2.45) is 11.8 Å². The number of carbonyl (C=O) groups is 2. The predicted octanol–water partition coefficient (Wildman–Crippen LogP) is 5.82. The van der Waals surface area contributed by atoms with Crippen molar-refractivity contribution in [3.05, 3.63) is 29.8 Å². The number of anilines is 1. The van der Waals surface area contributed by atoms with Gasteiger partial charge in [0, 0.05) is 6.42 Å². The molecule has 1 aliphatic heterocycles. The molecular formula is C24H36BNO2. The summed E-state index contributed by atoms with van der Waals surface area (Å²) in [6.07, 6.45) is 5.38. The molecule has 2 unspecified atom stereocenters. The van der Waals surface area contributed by atoms with Crippen LogP contribution in [-0.2, 0) is 15.0 Å². The Bertz CT molecular complexity index is 688. The first-order valence-electron chi connectivity index (χ1n) is 10.8. The van der Waals surface area contributed by atoms with E-state index in [1.165, 1.54) is 10.5 Å². The summed E-state index contributed by atoms with van der Waals surface area (Å²) in [5, 5.41) is -0.260. The lowest BCUT2D eigenvalue weighted by atomic mass is 9.62. The van der Waals surface area contributed by atoms with Crippen LogP contribution in [0.3, 0.4) is 0 Å². The molecule has 2 rings (SSSR count). The molecule has 1 heterocycles. The Kier molecular flexibility index (Phi) is 7.17. The van der Waals surface area contributed by atoms with Crippen LogP contribution in [0.1, 0.15) is 85.6 Å². The summed E-state index contributed by atoms with van der Waals surface area (Å²) in [5.41, 5.74) is 1.78. The van der Waals surface area contributed by atoms with Gasteiger partial charge < -0.3 is 0 Å². The van der Waals surface area contributed by atoms with E-state index in [-0.39, 0.29) is 28.5 Å². The largest absolute Gasteiger partial charge is 0.274 e. The van der Waals surface area contributed by atoms with E-state index in [9.17, 15) is 9.59 Å². The van der Waals surface area contributed by atoms with Crippen molar-refractivity contribution in [2.75, 3.05) is 4.90 Å². The number of imide groups is 1. The second kappa shape index (κ2) is 8.84. The number of unbranched alkanes of at least 4 members (excludes halogenated alkanes) is 1. The maximum Gasteiger partial charge on any atom is 0.237 e. The third-order valence-electron chi connectivity index (χ3n) is 6.01. The Morgan fingerprint density at radius 3 is 2.21 bits per heavy atom. The van der Waals surface area contributed by atoms with Crippen LogP contribution in [-0.4, -0.2) is 19.7 Å². The van der Waals surface area contributed by atoms with E-state index in [1.807, 2.05) is 38.1 Å². The highest BCUT2D eigenvalue weighted by molar-refractivity contribution is 6.21. The van der Waals surface area contributed by atoms with E-state index in [1.54, 1.807) is 0 Å². The van der Waals surface area contributed by atoms with Crippen LogP contribution in [0.5, 0.6) is 0 Å². The van der Waals surface area contributed by atoms with Gasteiger partial charge in [-0.25, -0.2) is 0 Å². The molecule has 4 heteroatoms. The zero-order valence-electron chi connectivity index (χ0n) is 18.5. The summed E-state index contributed by atoms with van der Waals surface area (Å²) in [7, 11) is 6.22. The smallest absolute Gasteiger partial charge is 0.237 e. The fourth-order valence-corrected chi connectivity index (χ4v) is 4.75. The lowest BCUT2D eigenvalue weighted by Crippen LogP contribution is -2.32. The highest BCUT2D eigenvalue weighted by atomic mass is 16.2. The molecule has 0 aliphatic carbocycles. The van der Waals surface area contributed by atoms with Gasteiger partial charge in [-0.1, -0.05) is 78.3 Å². The Morgan fingerprint density at radius 2 is 1.71 bits per heavy atom. The molecular weight excluding hydrogens is 345 g/mol. The van der Waals surface area contributed by atoms with Crippen molar-refractivity contribution in [2.45, 2.75) is 90.8 Å². The Labute approximate surface area is 172 Å². The number of benzene rings is 1. The molecule has 1 saturated heterocycles. The molecule has 2 atom stereocenters. The number of amides is 2. The molecule has 1 fully saturated rings. The molecule has 1 aromatic rings. The number of carbonyl (C=O) groups excluding carboxylic acids is 2. The van der Waals surface area contributed by atoms with Crippen LogP contribution in [0, 0.1) is 11.8 Å². The summed E-state index contributed by atoms with van der Waals surface area (Å²) >= 11 is 0. The SMILES string of the molecule is [B]C(C)(C)CC(C)(C)c1ccc(N2C(=O)CC(C(CC)CCCC)C2=O)cc1. The lowest BCUT2D eigenvalue weighted by molar-refractivity contribution is -0.123. The van der Waals surface area contributed by atoms with Gasteiger partial charge in [0.05, 0.1) is 19.5 Å². The van der Waals surface area contributed by atoms with Crippen LogP contribution >= 0.6 is 0 Å². The third-order valence-corrected chi connectivity index (χ3v) is 6.01. The van der Waals surface area contributed by atoms with E-state index in [2.05, 4.69) is 27.7 Å². The average Bonchev–Trinajstić information content (AvgIpc) is 2.88. The maximum atomic E-state index is 13.0. The molecule has 2 radical (unpaired) electrons. The van der Waals surface area contributed by atoms with Crippen LogP contribution in [0.4, 0.5) is 5.69 Å². The van der Waals surface area contributed by atoms with E-state index < -0.39 is 0 Å². The van der Waals surface area contributed by atoms with Gasteiger partial charge in [-0.15, -0.1) is 0 Å². The molecule has 152 valence electrons. The highest BCUT2D eigenvalue weighted by Crippen LogP contribution is 2.40. The highest BCUT2D eigenvalue weighted by Gasteiger charge is 2.42. The molecule has 0 bridgehead atoms. The van der Waals surface area contributed by atoms with Gasteiger partial charge in [0.15, 0.2) is 0 Å². The number of rotatable bonds is 9. The van der Waals surface area contributed by atoms with E-state index in [0.717, 1.165) is 32.1 Å². The molecule has 3 nitrogen and oxygen atoms in total. The lowest BCUT2D eigenvalue weighted by Gasteiger charge is -2.33. The summed E-state index contributed by atoms with van der Waals surface area (Å²) < 4.78 is 0. The quantitative estimate of drug-likeness (QED) is 0.399. The van der Waals surface area contributed by atoms with Gasteiger partial charge in [0.2, 0.25) is 11.8 Å². The van der Waals surface area contributed by atoms with Crippen molar-refractivity contribution in [1.82, 2.24) is 0 Å². The standard InChI is InChI=1S/C24H36BNO2/c1-7-9-10-17(8-2)20-15-21(27)26(22(20)28)19-13-11-18(12-14-19)23(3,4)16-24(5,6)25/h11-14,17,20H,7-10,15-16H2,1-6H3. The first-order valence-corrected chi connectivity index (χ1v) is 10.8. The molecule has 0 N–H and O–H groups in total. The summed E-state index contributed by atoms with van der Waals surface area (Å²) in [4.78, 5) is 27.1. The van der Waals surface area contributed by atoms with Crippen LogP contribution in [0.25, 0.3) is 0 Å². The van der Waals surface area contributed by atoms with Crippen molar-refractivity contribution in [3.8, 4) is 0 Å². The van der Waals surface area contributed by atoms with Gasteiger partial charge in [-0.2, -0.15) is 0 Å². The van der Waals surface area contributed by atoms with Crippen molar-refractivity contribution < 1.29 is 9.59 Å². The Hall–Kier alpha value is -1.58. The van der Waals surface area contributed by atoms with E-state index in [4.69, 9.17) is 7.85 Å². The van der Waals surface area contributed by atoms with Gasteiger partial charge in [-0.3, -0.25) is 14.5 Å². The minimum absolute atomic E-state index is 0.0249. The molecule has 0 aromatic heterocycles. The number of hydrogen-bond donors (Lipinski definition) is 0. The first kappa shape index (κ1) is 22.7. The number of hydrogen-bond acceptors (Lipinski definition) is 2. The average molecular weight is 381 g/mol. The van der Waals surface area contributed by atoms with Gasteiger partial charge in [0.1, 0.15) is 0 Å². The predicted molar refractivity (Wildman–Crippen MR) is 118 cm³/mol. The molecule has 0 saturated carbocycles. The summed E-state index contributed by atoms with van der Waals surface area (Å²) in [5.74, 6) is 0.0349. The van der Waals surface area contributed by atoms with Gasteiger partial charge in [-0.05, 0) is 41.9 Å². The molecule has 28 heavy (non-hydrogen) atoms. The second-order valence-electron chi connectivity index (χ2n) is 9.78. The maximum absolute atomic E-state index is 13.0. The summed E-state index contributed by atoms with van der Waals surface area (Å²) in [6.45, 7) is 12.7. The molecule has 2 amide bonds. The fourth-order valence-electron chi connectivity index (χ4n) is 4.75. The topological polar surface area (TPSA) is 37.4 Å². The second-order valence-corrected chi connectivity index (χ2v) is 9.78. The number of nitrogens with zero attached hydrogens (tertiary/aromatic N) is 1. The van der Waals surface area contributed by atoms with Crippen molar-refractivity contribution in [3.63, 3.8) is 0 Å². The first-order chi connectivity index (χ1) is 13.0. The minimum atomic E-state index is -0.260. The van der Waals surface area contributed by atoms with E-state index in [0.29, 0.717) is 18.0 Å². The van der Waals surface area contributed by atoms with E-state index >= 15 is 0 Å². The molecule has 0 spiro atoms. The minimum Gasteiger partial charge on any atom is -0.274 e. The van der Waals surface area contributed by atoms with Crippen molar-refractivity contribution >= 4 is 25.3 Å². The van der Waals surface area contributed by atoms with Crippen LogP contribution in [0.15, 0.2) is 24.3 Å². The van der Waals surface area contributed by atoms with Crippen LogP contribution in [0.2, 0.25) is 5.31 Å². The molecule has 1 aromatic carbocycles. The Balaban J connectivity index is 2.19. The monoisotopic (exact) mass is 381 g/mol. The van der Waals surface area contributed by atoms with Crippen LogP contribution < -0.4 is 4.90 Å². The normalized spacial score (nSPS) is 19.4. The van der Waals surface area contributed by atoms with Gasteiger partial charge >= 0.3 is 0 Å². The zero-order chi connectivity index (χ0) is 21.1. The zero-order valence-corrected chi connectivity index (χ0v) is 18.5. The van der Waals surface area contributed by atoms with Crippen molar-refractivity contribution in [1.29, 1.82) is 0 Å². The summed E-state index contributed by atoms with van der Waals surface area (Å²) in [6, 6.07) is 7.88. The third kappa shape index (κ3) is 5.27. The Morgan fingerprint density at radius 1 is 1.11 bits per heavy atom.